The Hall–Kier alpha value is -3.53. The van der Waals surface area contributed by atoms with E-state index in [1.807, 2.05) is 0 Å². The van der Waals surface area contributed by atoms with E-state index in [1.165, 1.54) is 23.1 Å². The lowest BCUT2D eigenvalue weighted by Crippen LogP contribution is -2.59. The lowest BCUT2D eigenvalue weighted by molar-refractivity contribution is -0.154. The van der Waals surface area contributed by atoms with Crippen molar-refractivity contribution in [3.8, 4) is 5.75 Å². The van der Waals surface area contributed by atoms with Crippen LogP contribution in [0, 0.1) is 5.41 Å². The normalized spacial score (nSPS) is 16.4. The van der Waals surface area contributed by atoms with Gasteiger partial charge in [0.1, 0.15) is 17.6 Å². The zero-order valence-corrected chi connectivity index (χ0v) is 16.4. The number of amidine groups is 1. The van der Waals surface area contributed by atoms with Crippen LogP contribution in [-0.2, 0) is 16.1 Å². The summed E-state index contributed by atoms with van der Waals surface area (Å²) in [4.78, 5) is 26.4. The quantitative estimate of drug-likeness (QED) is 0.371. The van der Waals surface area contributed by atoms with Crippen molar-refractivity contribution in [1.82, 2.24) is 10.2 Å². The Balaban J connectivity index is 1.58. The van der Waals surface area contributed by atoms with Crippen molar-refractivity contribution in [1.29, 1.82) is 5.41 Å². The molecule has 2 aromatic rings. The molecule has 2 amide bonds. The molecule has 0 aliphatic carbocycles. The monoisotopic (exact) mass is 432 g/mol. The van der Waals surface area contributed by atoms with Crippen molar-refractivity contribution >= 4 is 17.6 Å². The molecule has 0 aromatic heterocycles. The SMILES string of the molecule is N=C(N)c1ccc(CNC(=O)C2CCN2C(=O)C(O)c2cccc(OC(F)F)c2)cc1. The van der Waals surface area contributed by atoms with Crippen molar-refractivity contribution in [3.05, 3.63) is 65.2 Å². The van der Waals surface area contributed by atoms with Crippen LogP contribution in [-0.4, -0.2) is 46.9 Å². The topological polar surface area (TPSA) is 129 Å². The third-order valence-corrected chi connectivity index (χ3v) is 4.97. The van der Waals surface area contributed by atoms with Crippen LogP contribution in [0.15, 0.2) is 48.5 Å². The van der Waals surface area contributed by atoms with Crippen LogP contribution in [0.1, 0.15) is 29.2 Å². The van der Waals surface area contributed by atoms with Gasteiger partial charge in [-0.3, -0.25) is 15.0 Å². The van der Waals surface area contributed by atoms with Crippen molar-refractivity contribution in [2.75, 3.05) is 6.54 Å². The zero-order valence-electron chi connectivity index (χ0n) is 16.4. The minimum absolute atomic E-state index is 0.0518. The molecule has 164 valence electrons. The van der Waals surface area contributed by atoms with Crippen LogP contribution in [0.4, 0.5) is 8.78 Å². The number of ether oxygens (including phenoxy) is 1. The first-order valence-electron chi connectivity index (χ1n) is 9.50. The molecule has 1 saturated heterocycles. The van der Waals surface area contributed by atoms with Gasteiger partial charge in [0.25, 0.3) is 5.91 Å². The molecule has 1 fully saturated rings. The molecule has 3 rings (SSSR count). The first kappa shape index (κ1) is 22.2. The van der Waals surface area contributed by atoms with Crippen molar-refractivity contribution in [2.24, 2.45) is 5.73 Å². The maximum absolute atomic E-state index is 12.6. The number of aliphatic hydroxyl groups is 1. The Bertz CT molecular complexity index is 968. The second kappa shape index (κ2) is 9.52. The Morgan fingerprint density at radius 2 is 1.97 bits per heavy atom. The molecule has 0 radical (unpaired) electrons. The third kappa shape index (κ3) is 5.34. The van der Waals surface area contributed by atoms with E-state index >= 15 is 0 Å². The predicted molar refractivity (Wildman–Crippen MR) is 107 cm³/mol. The van der Waals surface area contributed by atoms with Crippen LogP contribution in [0.5, 0.6) is 5.75 Å². The molecule has 1 aliphatic heterocycles. The molecule has 1 heterocycles. The largest absolute Gasteiger partial charge is 0.435 e. The number of rotatable bonds is 8. The number of alkyl halides is 2. The Morgan fingerprint density at radius 1 is 1.26 bits per heavy atom. The summed E-state index contributed by atoms with van der Waals surface area (Å²) >= 11 is 0. The minimum atomic E-state index is -3.02. The lowest BCUT2D eigenvalue weighted by Gasteiger charge is -2.40. The van der Waals surface area contributed by atoms with Gasteiger partial charge in [-0.15, -0.1) is 0 Å². The van der Waals surface area contributed by atoms with E-state index < -0.39 is 24.7 Å². The summed E-state index contributed by atoms with van der Waals surface area (Å²) in [6.45, 7) is -2.50. The number of hydrogen-bond acceptors (Lipinski definition) is 5. The fourth-order valence-corrected chi connectivity index (χ4v) is 3.19. The molecule has 31 heavy (non-hydrogen) atoms. The molecular formula is C21H22F2N4O4. The minimum Gasteiger partial charge on any atom is -0.435 e. The van der Waals surface area contributed by atoms with Gasteiger partial charge in [-0.1, -0.05) is 36.4 Å². The average molecular weight is 432 g/mol. The zero-order chi connectivity index (χ0) is 22.5. The fourth-order valence-electron chi connectivity index (χ4n) is 3.19. The molecule has 0 saturated carbocycles. The molecule has 2 unspecified atom stereocenters. The van der Waals surface area contributed by atoms with Crippen LogP contribution in [0.3, 0.4) is 0 Å². The van der Waals surface area contributed by atoms with Gasteiger partial charge in [0, 0.05) is 18.7 Å². The van der Waals surface area contributed by atoms with Gasteiger partial charge in [0.2, 0.25) is 5.91 Å². The van der Waals surface area contributed by atoms with E-state index in [0.717, 1.165) is 11.6 Å². The number of nitrogens with zero attached hydrogens (tertiary/aromatic N) is 1. The molecule has 1 aliphatic rings. The Kier molecular flexibility index (Phi) is 6.81. The number of aliphatic hydroxyl groups excluding tert-OH is 1. The van der Waals surface area contributed by atoms with E-state index in [-0.39, 0.29) is 29.6 Å². The predicted octanol–water partition coefficient (Wildman–Crippen LogP) is 1.52. The highest BCUT2D eigenvalue weighted by Gasteiger charge is 2.40. The smallest absolute Gasteiger partial charge is 0.387 e. The van der Waals surface area contributed by atoms with Crippen LogP contribution in [0.2, 0.25) is 0 Å². The summed E-state index contributed by atoms with van der Waals surface area (Å²) in [7, 11) is 0. The van der Waals surface area contributed by atoms with Crippen molar-refractivity contribution < 1.29 is 28.2 Å². The summed E-state index contributed by atoms with van der Waals surface area (Å²) in [5.74, 6) is -1.28. The molecule has 0 bridgehead atoms. The number of nitrogens with two attached hydrogens (primary N) is 1. The highest BCUT2D eigenvalue weighted by Crippen LogP contribution is 2.26. The maximum atomic E-state index is 12.6. The molecule has 8 nitrogen and oxygen atoms in total. The highest BCUT2D eigenvalue weighted by atomic mass is 19.3. The number of amides is 2. The average Bonchev–Trinajstić information content (AvgIpc) is 2.70. The van der Waals surface area contributed by atoms with Gasteiger partial charge in [0.05, 0.1) is 0 Å². The summed E-state index contributed by atoms with van der Waals surface area (Å²) in [6, 6.07) is 11.3. The number of hydrogen-bond donors (Lipinski definition) is 4. The molecule has 10 heteroatoms. The molecule has 5 N–H and O–H groups in total. The molecule has 2 aromatic carbocycles. The molecule has 2 atom stereocenters. The summed E-state index contributed by atoms with van der Waals surface area (Å²) in [5, 5.41) is 20.5. The second-order valence-electron chi connectivity index (χ2n) is 7.02. The summed E-state index contributed by atoms with van der Waals surface area (Å²) in [5.41, 5.74) is 6.87. The summed E-state index contributed by atoms with van der Waals surface area (Å²) in [6.07, 6.45) is -1.15. The van der Waals surface area contributed by atoms with E-state index in [1.54, 1.807) is 24.3 Å². The molecular weight excluding hydrogens is 410 g/mol. The van der Waals surface area contributed by atoms with Gasteiger partial charge >= 0.3 is 6.61 Å². The van der Waals surface area contributed by atoms with Gasteiger partial charge in [-0.05, 0) is 29.7 Å². The van der Waals surface area contributed by atoms with Gasteiger partial charge in [-0.25, -0.2) is 0 Å². The van der Waals surface area contributed by atoms with E-state index in [2.05, 4.69) is 10.1 Å². The van der Waals surface area contributed by atoms with Gasteiger partial charge in [-0.2, -0.15) is 8.78 Å². The van der Waals surface area contributed by atoms with E-state index in [0.29, 0.717) is 18.5 Å². The highest BCUT2D eigenvalue weighted by molar-refractivity contribution is 5.95. The van der Waals surface area contributed by atoms with Crippen LogP contribution >= 0.6 is 0 Å². The second-order valence-corrected chi connectivity index (χ2v) is 7.02. The number of benzene rings is 2. The fraction of sp³-hybridized carbons (Fsp3) is 0.286. The molecule has 0 spiro atoms. The maximum Gasteiger partial charge on any atom is 0.387 e. The number of carbonyl (C=O) groups excluding carboxylic acids is 2. The number of nitrogen functional groups attached to an aromatic ring is 1. The Morgan fingerprint density at radius 3 is 2.55 bits per heavy atom. The van der Waals surface area contributed by atoms with E-state index in [4.69, 9.17) is 11.1 Å². The lowest BCUT2D eigenvalue weighted by atomic mass is 9.98. The summed E-state index contributed by atoms with van der Waals surface area (Å²) < 4.78 is 29.0. The number of nitrogens with one attached hydrogen (secondary N) is 2. The first-order chi connectivity index (χ1) is 14.8. The standard InChI is InChI=1S/C21H22F2N4O4/c22-21(23)31-15-3-1-2-14(10-15)17(28)20(30)27-9-8-16(27)19(29)26-11-12-4-6-13(7-5-12)18(24)25/h1-7,10,16-17,21,28H,8-9,11H2,(H3,24,25)(H,26,29). The number of likely N-dealkylation sites (tertiary alicyclic amines) is 1. The Labute approximate surface area is 177 Å². The van der Waals surface area contributed by atoms with Crippen molar-refractivity contribution in [2.45, 2.75) is 31.7 Å². The first-order valence-corrected chi connectivity index (χ1v) is 9.50. The van der Waals surface area contributed by atoms with Crippen LogP contribution < -0.4 is 15.8 Å². The number of halogens is 2. The third-order valence-electron chi connectivity index (χ3n) is 4.97. The van der Waals surface area contributed by atoms with Gasteiger partial charge < -0.3 is 25.8 Å². The van der Waals surface area contributed by atoms with Crippen molar-refractivity contribution in [3.63, 3.8) is 0 Å². The van der Waals surface area contributed by atoms with Crippen LogP contribution in [0.25, 0.3) is 0 Å². The van der Waals surface area contributed by atoms with Gasteiger partial charge in [0.15, 0.2) is 6.10 Å². The van der Waals surface area contributed by atoms with E-state index in [9.17, 15) is 23.5 Å². The number of carbonyl (C=O) groups is 2.